The fourth-order valence-electron chi connectivity index (χ4n) is 1.26. The minimum atomic E-state index is -0.815. The van der Waals surface area contributed by atoms with E-state index < -0.39 is 5.68 Å². The fourth-order valence-corrected chi connectivity index (χ4v) is 1.69. The average Bonchev–Trinajstić information content (AvgIpc) is 2.44. The summed E-state index contributed by atoms with van der Waals surface area (Å²) >= 11 is 17.0. The molecule has 0 amide bonds. The summed E-state index contributed by atoms with van der Waals surface area (Å²) in [6.07, 6.45) is 0. The Hall–Kier alpha value is -0.505. The van der Waals surface area contributed by atoms with E-state index in [0.29, 0.717) is 11.0 Å². The molecule has 0 bridgehead atoms. The first-order valence-corrected chi connectivity index (χ1v) is 5.13. The zero-order chi connectivity index (χ0) is 10.1. The van der Waals surface area contributed by atoms with E-state index in [1.54, 1.807) is 0 Å². The highest BCUT2D eigenvalue weighted by molar-refractivity contribution is 7.33. The van der Waals surface area contributed by atoms with Gasteiger partial charge in [-0.05, 0) is 0 Å². The molecule has 1 aliphatic heterocycles. The van der Waals surface area contributed by atoms with E-state index in [1.807, 2.05) is 24.3 Å². The Balaban J connectivity index is 2.52. The first-order valence-electron chi connectivity index (χ1n) is 3.88. The lowest BCUT2D eigenvalue weighted by molar-refractivity contribution is 1.60. The topological polar surface area (TPSA) is 24.7 Å². The highest BCUT2D eigenvalue weighted by Crippen LogP contribution is 2.21. The Bertz CT molecular complexity index is 428. The summed E-state index contributed by atoms with van der Waals surface area (Å²) in [5, 5.41) is 0.424. The van der Waals surface area contributed by atoms with Crippen molar-refractivity contribution in [2.24, 2.45) is 9.90 Å². The number of benzene rings is 1. The molecule has 14 heavy (non-hydrogen) atoms. The molecule has 0 spiro atoms. The lowest BCUT2D eigenvalue weighted by Crippen LogP contribution is -1.99. The van der Waals surface area contributed by atoms with Crippen LogP contribution >= 0.6 is 34.5 Å². The normalized spacial score (nSPS) is 16.8. The van der Waals surface area contributed by atoms with Gasteiger partial charge in [0.15, 0.2) is 0 Å². The number of hydrogen-bond acceptors (Lipinski definition) is 1. The molecule has 70 valence electrons. The molecule has 0 unspecified atom stereocenters. The van der Waals surface area contributed by atoms with E-state index >= 15 is 0 Å². The third-order valence-corrected chi connectivity index (χ3v) is 2.30. The largest absolute Gasteiger partial charge is 0.487 e. The van der Waals surface area contributed by atoms with E-state index in [2.05, 4.69) is 9.90 Å². The summed E-state index contributed by atoms with van der Waals surface area (Å²) in [5.41, 5.74) is 0.912. The summed E-state index contributed by atoms with van der Waals surface area (Å²) in [5.74, 6) is 0.487. The van der Waals surface area contributed by atoms with Gasteiger partial charge >= 0.3 is 5.68 Å². The van der Waals surface area contributed by atoms with E-state index in [4.69, 9.17) is 34.5 Å². The molecule has 2 nitrogen and oxygen atoms in total. The maximum absolute atomic E-state index is 5.90. The highest BCUT2D eigenvalue weighted by Gasteiger charge is 2.20. The maximum atomic E-state index is 5.90. The molecule has 0 radical (unpaired) electrons. The number of aliphatic imine (C=N–C) groups is 1. The van der Waals surface area contributed by atoms with E-state index in [1.165, 1.54) is 0 Å². The van der Waals surface area contributed by atoms with Gasteiger partial charge in [-0.25, -0.2) is 4.99 Å². The van der Waals surface area contributed by atoms with Gasteiger partial charge in [0.25, 0.3) is 0 Å². The Morgan fingerprint density at radius 2 is 1.79 bits per heavy atom. The van der Waals surface area contributed by atoms with Crippen molar-refractivity contribution in [1.29, 1.82) is 0 Å². The van der Waals surface area contributed by atoms with Crippen LogP contribution < -0.4 is 0 Å². The maximum Gasteiger partial charge on any atom is 0.487 e. The van der Waals surface area contributed by atoms with Gasteiger partial charge < -0.3 is 0 Å². The van der Waals surface area contributed by atoms with Crippen molar-refractivity contribution >= 4 is 51.2 Å². The summed E-state index contributed by atoms with van der Waals surface area (Å²) in [4.78, 5) is 8.00. The Labute approximate surface area is 96.5 Å². The monoisotopic (exact) mass is 244 g/mol. The summed E-state index contributed by atoms with van der Waals surface area (Å²) in [6, 6.07) is 7.53. The van der Waals surface area contributed by atoms with E-state index in [-0.39, 0.29) is 0 Å². The number of nitrogens with zero attached hydrogens (tertiary/aromatic N) is 2. The summed E-state index contributed by atoms with van der Waals surface area (Å²) in [6.45, 7) is 0. The number of rotatable bonds is 1. The van der Waals surface area contributed by atoms with E-state index in [0.717, 1.165) is 11.1 Å². The van der Waals surface area contributed by atoms with Crippen molar-refractivity contribution in [2.45, 2.75) is 0 Å². The molecule has 0 N–H and O–H groups in total. The first-order chi connectivity index (χ1) is 6.68. The second-order valence-electron chi connectivity index (χ2n) is 2.68. The van der Waals surface area contributed by atoms with Crippen LogP contribution in [0, 0.1) is 0 Å². The lowest BCUT2D eigenvalue weighted by Gasteiger charge is -1.97. The quantitative estimate of drug-likeness (QED) is 0.680. The number of fused-ring (bicyclic) bond motifs is 1. The fraction of sp³-hybridized carbons (Fsp3) is 0. The third-order valence-electron chi connectivity index (χ3n) is 1.81. The lowest BCUT2D eigenvalue weighted by atomic mass is 10.1. The third kappa shape index (κ3) is 1.80. The minimum absolute atomic E-state index is 0.424. The Kier molecular flexibility index (Phi) is 2.82. The summed E-state index contributed by atoms with van der Waals surface area (Å²) in [7, 11) is 0. The van der Waals surface area contributed by atoms with Crippen LogP contribution in [0.4, 0.5) is 0 Å². The van der Waals surface area contributed by atoms with Crippen LogP contribution in [0.15, 0.2) is 34.2 Å². The molecule has 0 aromatic heterocycles. The van der Waals surface area contributed by atoms with Gasteiger partial charge in [-0.3, -0.25) is 4.90 Å². The van der Waals surface area contributed by atoms with Crippen molar-refractivity contribution < 1.29 is 0 Å². The van der Waals surface area contributed by atoms with Crippen LogP contribution in [0.2, 0.25) is 0 Å². The molecule has 1 aromatic carbocycles. The molecule has 2 rings (SSSR count). The van der Waals surface area contributed by atoms with Crippen LogP contribution in [0.25, 0.3) is 0 Å². The second-order valence-corrected chi connectivity index (χ2v) is 4.09. The van der Waals surface area contributed by atoms with Crippen LogP contribution in [0.1, 0.15) is 11.1 Å². The number of amidine groups is 1. The van der Waals surface area contributed by atoms with Gasteiger partial charge in [0, 0.05) is 11.1 Å². The first kappa shape index (κ1) is 10.0. The Morgan fingerprint density at radius 1 is 1.14 bits per heavy atom. The molecule has 0 saturated heterocycles. The highest BCUT2D eigenvalue weighted by atomic mass is 35.5. The van der Waals surface area contributed by atoms with Crippen LogP contribution in [-0.2, 0) is 0 Å². The molecule has 1 heterocycles. The molecule has 6 heteroatoms. The van der Waals surface area contributed by atoms with Gasteiger partial charge in [0.1, 0.15) is 11.0 Å². The molecular formula is C8H4BCl3N2. The van der Waals surface area contributed by atoms with Crippen LogP contribution in [-0.4, -0.2) is 16.7 Å². The average molecular weight is 245 g/mol. The second kappa shape index (κ2) is 3.93. The Morgan fingerprint density at radius 3 is 2.43 bits per heavy atom. The number of halogens is 3. The van der Waals surface area contributed by atoms with Crippen molar-refractivity contribution in [3.8, 4) is 0 Å². The molecule has 0 aliphatic carbocycles. The zero-order valence-corrected chi connectivity index (χ0v) is 9.18. The van der Waals surface area contributed by atoms with E-state index in [9.17, 15) is 0 Å². The van der Waals surface area contributed by atoms with Crippen LogP contribution in [0.5, 0.6) is 0 Å². The van der Waals surface area contributed by atoms with Gasteiger partial charge in [0.2, 0.25) is 0 Å². The molecule has 0 atom stereocenters. The van der Waals surface area contributed by atoms with Crippen LogP contribution in [0.3, 0.4) is 0 Å². The SMILES string of the molecule is ClB(Cl)/N=C1\N=C(Cl)c2ccccc21. The van der Waals surface area contributed by atoms with Crippen molar-refractivity contribution in [1.82, 2.24) is 0 Å². The van der Waals surface area contributed by atoms with Gasteiger partial charge in [0.05, 0.1) is 0 Å². The van der Waals surface area contributed by atoms with Gasteiger partial charge in [-0.15, -0.1) is 22.9 Å². The standard InChI is InChI=1S/C8H4BCl3N2/c10-7-5-3-1-2-4-6(5)8(13-7)14-9(11)12/h1-4H/b14-8-. The zero-order valence-electron chi connectivity index (χ0n) is 6.92. The van der Waals surface area contributed by atoms with Gasteiger partial charge in [-0.1, -0.05) is 35.9 Å². The minimum Gasteiger partial charge on any atom is -0.288 e. The molecule has 1 aromatic rings. The predicted octanol–water partition coefficient (Wildman–Crippen LogP) is 2.89. The van der Waals surface area contributed by atoms with Crippen molar-refractivity contribution in [3.05, 3.63) is 35.4 Å². The van der Waals surface area contributed by atoms with Crippen molar-refractivity contribution in [2.75, 3.05) is 0 Å². The van der Waals surface area contributed by atoms with Crippen molar-refractivity contribution in [3.63, 3.8) is 0 Å². The van der Waals surface area contributed by atoms with Gasteiger partial charge in [-0.2, -0.15) is 0 Å². The summed E-state index contributed by atoms with van der Waals surface area (Å²) < 4.78 is 0. The molecule has 1 aliphatic rings. The molecule has 0 saturated carbocycles. The number of hydrogen-bond donors (Lipinski definition) is 0. The smallest absolute Gasteiger partial charge is 0.288 e. The molecule has 0 fully saturated rings. The predicted molar refractivity (Wildman–Crippen MR) is 62.8 cm³/mol. The molecular weight excluding hydrogens is 241 g/mol.